The first kappa shape index (κ1) is 18.6. The topological polar surface area (TPSA) is 81.2 Å². The Morgan fingerprint density at radius 1 is 1.42 bits per heavy atom. The van der Waals surface area contributed by atoms with E-state index in [0.29, 0.717) is 12.8 Å². The lowest BCUT2D eigenvalue weighted by Gasteiger charge is -2.33. The number of aromatic nitrogens is 2. The van der Waals surface area contributed by atoms with Crippen molar-refractivity contribution in [3.8, 4) is 0 Å². The van der Waals surface area contributed by atoms with E-state index in [-0.39, 0.29) is 11.5 Å². The number of carbonyl (C=O) groups excluding carboxylic acids is 1. The van der Waals surface area contributed by atoms with E-state index in [1.54, 1.807) is 6.07 Å². The highest BCUT2D eigenvalue weighted by atomic mass is 16.2. The zero-order valence-corrected chi connectivity index (χ0v) is 15.3. The van der Waals surface area contributed by atoms with Crippen molar-refractivity contribution in [2.24, 2.45) is 11.7 Å². The first-order valence-electron chi connectivity index (χ1n) is 8.92. The number of amides is 1. The van der Waals surface area contributed by atoms with Crippen molar-refractivity contribution >= 4 is 5.91 Å². The van der Waals surface area contributed by atoms with Crippen molar-refractivity contribution in [1.29, 1.82) is 0 Å². The fourth-order valence-electron chi connectivity index (χ4n) is 3.44. The molecule has 0 aliphatic carbocycles. The Balaban J connectivity index is 2.41. The molecule has 1 aliphatic heterocycles. The minimum Gasteiger partial charge on any atom is -0.368 e. The summed E-state index contributed by atoms with van der Waals surface area (Å²) in [5.41, 5.74) is 6.19. The van der Waals surface area contributed by atoms with Crippen LogP contribution in [0.15, 0.2) is 10.9 Å². The normalized spacial score (nSPS) is 17.5. The van der Waals surface area contributed by atoms with Gasteiger partial charge in [-0.1, -0.05) is 20.8 Å². The van der Waals surface area contributed by atoms with Gasteiger partial charge in [0.15, 0.2) is 0 Å². The molecule has 1 aromatic rings. The van der Waals surface area contributed by atoms with Crippen LogP contribution >= 0.6 is 0 Å². The number of hydrogen-bond acceptors (Lipinski definition) is 4. The molecule has 0 aromatic carbocycles. The molecule has 2 rings (SSSR count). The van der Waals surface area contributed by atoms with E-state index in [4.69, 9.17) is 5.73 Å². The van der Waals surface area contributed by atoms with Crippen molar-refractivity contribution in [3.05, 3.63) is 27.7 Å². The maximum Gasteiger partial charge on any atom is 0.268 e. The van der Waals surface area contributed by atoms with Gasteiger partial charge in [0, 0.05) is 19.0 Å². The van der Waals surface area contributed by atoms with Crippen molar-refractivity contribution in [1.82, 2.24) is 14.7 Å². The first-order chi connectivity index (χ1) is 11.3. The van der Waals surface area contributed by atoms with Crippen LogP contribution in [0.1, 0.15) is 51.3 Å². The molecule has 1 amide bonds. The number of carbonyl (C=O) groups is 1. The predicted molar refractivity (Wildman–Crippen MR) is 94.9 cm³/mol. The van der Waals surface area contributed by atoms with Crippen LogP contribution in [-0.4, -0.2) is 40.2 Å². The summed E-state index contributed by atoms with van der Waals surface area (Å²) in [4.78, 5) is 27.2. The zero-order valence-electron chi connectivity index (χ0n) is 15.3. The minimum absolute atomic E-state index is 0.233. The van der Waals surface area contributed by atoms with Crippen LogP contribution in [0.3, 0.4) is 0 Å². The fourth-order valence-corrected chi connectivity index (χ4v) is 3.44. The summed E-state index contributed by atoms with van der Waals surface area (Å²) in [5.74, 6) is -0.247. The molecule has 1 fully saturated rings. The van der Waals surface area contributed by atoms with Crippen molar-refractivity contribution < 1.29 is 4.79 Å². The summed E-state index contributed by atoms with van der Waals surface area (Å²) >= 11 is 0. The average Bonchev–Trinajstić information content (AvgIpc) is 2.45. The van der Waals surface area contributed by atoms with Crippen molar-refractivity contribution in [2.75, 3.05) is 19.6 Å². The van der Waals surface area contributed by atoms with Gasteiger partial charge in [-0.15, -0.1) is 0 Å². The molecule has 1 aliphatic rings. The lowest BCUT2D eigenvalue weighted by atomic mass is 9.85. The Kier molecular flexibility index (Phi) is 5.80. The molecule has 0 bridgehead atoms. The third-order valence-corrected chi connectivity index (χ3v) is 5.03. The molecule has 24 heavy (non-hydrogen) atoms. The Morgan fingerprint density at radius 2 is 2.08 bits per heavy atom. The summed E-state index contributed by atoms with van der Waals surface area (Å²) in [6.07, 6.45) is 3.01. The van der Waals surface area contributed by atoms with Crippen LogP contribution < -0.4 is 11.3 Å². The molecule has 134 valence electrons. The smallest absolute Gasteiger partial charge is 0.268 e. The lowest BCUT2D eigenvalue weighted by molar-refractivity contribution is -0.128. The van der Waals surface area contributed by atoms with Crippen LogP contribution in [0.2, 0.25) is 0 Å². The lowest BCUT2D eigenvalue weighted by Crippen LogP contribution is -2.52. The molecular formula is C18H30N4O2. The Labute approximate surface area is 144 Å². The van der Waals surface area contributed by atoms with Gasteiger partial charge in [0.2, 0.25) is 5.91 Å². The summed E-state index contributed by atoms with van der Waals surface area (Å²) < 4.78 is 1.35. The SMILES string of the molecule is CC[C@](CC(C)C)(C(N)=O)n1nc(CCN2CCC2)c(C)cc1=O. The summed E-state index contributed by atoms with van der Waals surface area (Å²) in [6, 6.07) is 1.59. The number of nitrogens with two attached hydrogens (primary N) is 1. The molecule has 2 N–H and O–H groups in total. The highest BCUT2D eigenvalue weighted by Crippen LogP contribution is 2.27. The summed E-state index contributed by atoms with van der Waals surface area (Å²) in [7, 11) is 0. The van der Waals surface area contributed by atoms with Gasteiger partial charge in [-0.25, -0.2) is 4.68 Å². The first-order valence-corrected chi connectivity index (χ1v) is 8.92. The van der Waals surface area contributed by atoms with E-state index >= 15 is 0 Å². The predicted octanol–water partition coefficient (Wildman–Crippen LogP) is 1.44. The van der Waals surface area contributed by atoms with Crippen molar-refractivity contribution in [2.45, 2.75) is 58.9 Å². The highest BCUT2D eigenvalue weighted by Gasteiger charge is 2.39. The monoisotopic (exact) mass is 334 g/mol. The number of aryl methyl sites for hydroxylation is 1. The van der Waals surface area contributed by atoms with Crippen molar-refractivity contribution in [3.63, 3.8) is 0 Å². The van der Waals surface area contributed by atoms with Gasteiger partial charge in [-0.05, 0) is 50.8 Å². The van der Waals surface area contributed by atoms with Gasteiger partial charge < -0.3 is 10.6 Å². The molecular weight excluding hydrogens is 304 g/mol. The fraction of sp³-hybridized carbons (Fsp3) is 0.722. The summed E-state index contributed by atoms with van der Waals surface area (Å²) in [5, 5.41) is 4.60. The maximum atomic E-state index is 12.6. The summed E-state index contributed by atoms with van der Waals surface area (Å²) in [6.45, 7) is 11.0. The van der Waals surface area contributed by atoms with E-state index in [1.807, 2.05) is 27.7 Å². The van der Waals surface area contributed by atoms with E-state index < -0.39 is 11.4 Å². The largest absolute Gasteiger partial charge is 0.368 e. The second-order valence-corrected chi connectivity index (χ2v) is 7.32. The van der Waals surface area contributed by atoms with Gasteiger partial charge in [0.1, 0.15) is 5.54 Å². The number of rotatable bonds is 8. The molecule has 0 saturated carbocycles. The molecule has 0 radical (unpaired) electrons. The minimum atomic E-state index is -1.05. The standard InChI is InChI=1S/C18H30N4O2/c1-5-18(17(19)24,12-13(2)3)22-16(23)11-14(4)15(20-22)7-10-21-8-6-9-21/h11,13H,5-10,12H2,1-4H3,(H2,19,24)/t18-/m0/s1. The maximum absolute atomic E-state index is 12.6. The zero-order chi connectivity index (χ0) is 17.9. The highest BCUT2D eigenvalue weighted by molar-refractivity contribution is 5.82. The third kappa shape index (κ3) is 3.69. The molecule has 1 aromatic heterocycles. The van der Waals surface area contributed by atoms with Gasteiger partial charge >= 0.3 is 0 Å². The van der Waals surface area contributed by atoms with Crippen LogP contribution in [-0.2, 0) is 16.8 Å². The second-order valence-electron chi connectivity index (χ2n) is 7.32. The van der Waals surface area contributed by atoms with Gasteiger partial charge in [0.05, 0.1) is 5.69 Å². The Bertz CT molecular complexity index is 649. The quantitative estimate of drug-likeness (QED) is 0.780. The molecule has 6 heteroatoms. The second kappa shape index (κ2) is 7.47. The molecule has 0 spiro atoms. The molecule has 0 unspecified atom stereocenters. The van der Waals surface area contributed by atoms with Crippen LogP contribution in [0.4, 0.5) is 0 Å². The van der Waals surface area contributed by atoms with E-state index in [9.17, 15) is 9.59 Å². The van der Waals surface area contributed by atoms with Gasteiger partial charge in [-0.3, -0.25) is 9.59 Å². The average molecular weight is 334 g/mol. The van der Waals surface area contributed by atoms with Gasteiger partial charge in [-0.2, -0.15) is 5.10 Å². The number of primary amides is 1. The molecule has 1 atom stereocenters. The van der Waals surface area contributed by atoms with Gasteiger partial charge in [0.25, 0.3) is 5.56 Å². The van der Waals surface area contributed by atoms with E-state index in [0.717, 1.165) is 37.3 Å². The molecule has 6 nitrogen and oxygen atoms in total. The number of likely N-dealkylation sites (tertiary alicyclic amines) is 1. The molecule has 1 saturated heterocycles. The Hall–Kier alpha value is -1.69. The van der Waals surface area contributed by atoms with Crippen LogP contribution in [0, 0.1) is 12.8 Å². The van der Waals surface area contributed by atoms with E-state index in [2.05, 4.69) is 10.00 Å². The third-order valence-electron chi connectivity index (χ3n) is 5.03. The van der Waals surface area contributed by atoms with Crippen LogP contribution in [0.25, 0.3) is 0 Å². The number of hydrogen-bond donors (Lipinski definition) is 1. The van der Waals surface area contributed by atoms with E-state index in [1.165, 1.54) is 11.1 Å². The molecule has 2 heterocycles. The Morgan fingerprint density at radius 3 is 2.54 bits per heavy atom. The number of nitrogens with zero attached hydrogens (tertiary/aromatic N) is 3. The van der Waals surface area contributed by atoms with Crippen LogP contribution in [0.5, 0.6) is 0 Å².